The first-order chi connectivity index (χ1) is 22.3. The molecule has 1 aliphatic rings. The van der Waals surface area contributed by atoms with Crippen LogP contribution in [-0.4, -0.2) is 27.4 Å². The quantitative estimate of drug-likeness (QED) is 0.0611. The van der Waals surface area contributed by atoms with E-state index in [0.29, 0.717) is 15.9 Å². The second kappa shape index (κ2) is 12.2. The summed E-state index contributed by atoms with van der Waals surface area (Å²) in [4.78, 5) is 32.3. The zero-order valence-electron chi connectivity index (χ0n) is 23.9. The van der Waals surface area contributed by atoms with Crippen LogP contribution in [0.3, 0.4) is 0 Å². The number of hydrogen-bond acceptors (Lipinski definition) is 4. The van der Waals surface area contributed by atoms with Crippen LogP contribution in [0.5, 0.6) is 11.5 Å². The molecule has 1 aliphatic heterocycles. The molecule has 0 saturated carbocycles. The number of amides is 1. The molecule has 1 saturated heterocycles. The number of esters is 1. The fraction of sp³-hybridized carbons (Fsp3) is 0.152. The Hall–Kier alpha value is -4.68. The first kappa shape index (κ1) is 32.3. The number of carbonyl (C=O) groups excluding carboxylic acids is 2. The highest BCUT2D eigenvalue weighted by atomic mass is 35.5. The van der Waals surface area contributed by atoms with E-state index >= 15 is 0 Å². The first-order valence-electron chi connectivity index (χ1n) is 13.8. The third-order valence-electron chi connectivity index (χ3n) is 7.83. The van der Waals surface area contributed by atoms with Gasteiger partial charge in [-0.2, -0.15) is 8.78 Å². The molecular formula is C33H20Cl2F6N2O4. The van der Waals surface area contributed by atoms with Crippen LogP contribution in [0.2, 0.25) is 10.0 Å². The highest BCUT2D eigenvalue weighted by molar-refractivity contribution is 6.31. The van der Waals surface area contributed by atoms with Gasteiger partial charge in [0.2, 0.25) is 46.3 Å². The average Bonchev–Trinajstić information content (AvgIpc) is 3.57. The predicted octanol–water partition coefficient (Wildman–Crippen LogP) is 8.51. The van der Waals surface area contributed by atoms with Gasteiger partial charge in [-0.25, -0.2) is 22.4 Å². The third-order valence-corrected chi connectivity index (χ3v) is 8.37. The summed E-state index contributed by atoms with van der Waals surface area (Å²) in [6.07, 6.45) is 0.620. The summed E-state index contributed by atoms with van der Waals surface area (Å²) in [7, 11) is 0. The number of aromatic nitrogens is 1. The zero-order valence-corrected chi connectivity index (χ0v) is 25.5. The molecule has 0 radical (unpaired) electrons. The van der Waals surface area contributed by atoms with Crippen molar-refractivity contribution < 1.29 is 45.4 Å². The molecule has 6 rings (SSSR count). The Bertz CT molecular complexity index is 2040. The molecule has 1 amide bonds. The fourth-order valence-electron chi connectivity index (χ4n) is 5.59. The monoisotopic (exact) mass is 692 g/mol. The van der Waals surface area contributed by atoms with Gasteiger partial charge in [0.15, 0.2) is 0 Å². The molecular weight excluding hydrogens is 673 g/mol. The molecule has 242 valence electrons. The van der Waals surface area contributed by atoms with E-state index in [2.05, 4.69) is 4.98 Å². The Labute approximate surface area is 272 Å². The Balaban J connectivity index is 1.57. The Morgan fingerprint density at radius 2 is 1.57 bits per heavy atom. The molecule has 0 spiro atoms. The van der Waals surface area contributed by atoms with Crippen LogP contribution in [0, 0.1) is 41.8 Å². The van der Waals surface area contributed by atoms with Gasteiger partial charge >= 0.3 is 5.97 Å². The smallest absolute Gasteiger partial charge is 0.359 e. The summed E-state index contributed by atoms with van der Waals surface area (Å²) >= 11 is 12.0. The number of rotatable bonds is 7. The van der Waals surface area contributed by atoms with Crippen molar-refractivity contribution in [2.24, 2.45) is 0 Å². The summed E-state index contributed by atoms with van der Waals surface area (Å²) < 4.78 is 97.4. The average molecular weight is 693 g/mol. The van der Waals surface area contributed by atoms with E-state index in [1.807, 2.05) is 0 Å². The third kappa shape index (κ3) is 5.65. The zero-order chi connectivity index (χ0) is 33.8. The second-order valence-electron chi connectivity index (χ2n) is 10.9. The van der Waals surface area contributed by atoms with Crippen molar-refractivity contribution in [2.45, 2.75) is 31.5 Å². The first-order valence-corrected chi connectivity index (χ1v) is 14.6. The maximum absolute atomic E-state index is 14.8. The van der Waals surface area contributed by atoms with Gasteiger partial charge in [-0.3, -0.25) is 4.79 Å². The largest absolute Gasteiger partial charge is 0.472 e. The Kier molecular flexibility index (Phi) is 8.35. The SMILES string of the molecule is Cc1ccc(O[C@@]2(C(=O)Oc3c(F)c(F)c(F)c(F)c3F)CC(=O)N(Cc3ccc(Cl)c(F)c3)[C@H]2c2c[nH]c3cc(Cl)ccc23)cc1. The van der Waals surface area contributed by atoms with Crippen LogP contribution in [-0.2, 0) is 16.1 Å². The predicted molar refractivity (Wildman–Crippen MR) is 159 cm³/mol. The molecule has 47 heavy (non-hydrogen) atoms. The number of nitrogens with zero attached hydrogens (tertiary/aromatic N) is 1. The minimum atomic E-state index is -2.51. The number of likely N-dealkylation sites (tertiary alicyclic amines) is 1. The number of H-pyrrole nitrogens is 1. The van der Waals surface area contributed by atoms with E-state index in [-0.39, 0.29) is 28.4 Å². The minimum Gasteiger partial charge on any atom is -0.472 e. The van der Waals surface area contributed by atoms with E-state index in [1.54, 1.807) is 31.2 Å². The number of carbonyl (C=O) groups is 2. The highest BCUT2D eigenvalue weighted by Gasteiger charge is 2.62. The lowest BCUT2D eigenvalue weighted by Crippen LogP contribution is -2.51. The number of fused-ring (bicyclic) bond motifs is 1. The fourth-order valence-corrected chi connectivity index (χ4v) is 5.88. The van der Waals surface area contributed by atoms with Crippen molar-refractivity contribution >= 4 is 46.0 Å². The van der Waals surface area contributed by atoms with E-state index in [9.17, 15) is 35.9 Å². The molecule has 6 nitrogen and oxygen atoms in total. The van der Waals surface area contributed by atoms with Gasteiger partial charge in [0, 0.05) is 34.2 Å². The summed E-state index contributed by atoms with van der Waals surface area (Å²) in [6.45, 7) is 1.44. The van der Waals surface area contributed by atoms with Crippen LogP contribution in [0.15, 0.2) is 66.9 Å². The van der Waals surface area contributed by atoms with Crippen LogP contribution >= 0.6 is 23.2 Å². The lowest BCUT2D eigenvalue weighted by molar-refractivity contribution is -0.155. The molecule has 0 aliphatic carbocycles. The lowest BCUT2D eigenvalue weighted by atomic mass is 9.88. The number of aryl methyl sites for hydroxylation is 1. The molecule has 1 aromatic heterocycles. The van der Waals surface area contributed by atoms with Gasteiger partial charge in [0.25, 0.3) is 0 Å². The van der Waals surface area contributed by atoms with Gasteiger partial charge in [-0.15, -0.1) is 0 Å². The van der Waals surface area contributed by atoms with Gasteiger partial charge in [0.1, 0.15) is 17.6 Å². The minimum absolute atomic E-state index is 0.00466. The van der Waals surface area contributed by atoms with Crippen molar-refractivity contribution in [3.63, 3.8) is 0 Å². The number of nitrogens with one attached hydrogen (secondary N) is 1. The normalized spacial score (nSPS) is 17.9. The van der Waals surface area contributed by atoms with E-state index in [0.717, 1.165) is 16.5 Å². The molecule has 2 heterocycles. The highest BCUT2D eigenvalue weighted by Crippen LogP contribution is 2.48. The Morgan fingerprint density at radius 3 is 2.23 bits per heavy atom. The summed E-state index contributed by atoms with van der Waals surface area (Å²) in [5.41, 5.74) is -0.784. The lowest BCUT2D eigenvalue weighted by Gasteiger charge is -2.36. The summed E-state index contributed by atoms with van der Waals surface area (Å²) in [6, 6.07) is 13.1. The second-order valence-corrected chi connectivity index (χ2v) is 11.7. The number of halogens is 8. The van der Waals surface area contributed by atoms with Crippen molar-refractivity contribution in [1.82, 2.24) is 9.88 Å². The molecule has 0 bridgehead atoms. The van der Waals surface area contributed by atoms with Crippen LogP contribution in [0.4, 0.5) is 26.3 Å². The summed E-state index contributed by atoms with van der Waals surface area (Å²) in [5.74, 6) is -17.0. The number of hydrogen-bond donors (Lipinski definition) is 1. The van der Waals surface area contributed by atoms with Crippen molar-refractivity contribution in [1.29, 1.82) is 0 Å². The van der Waals surface area contributed by atoms with E-state index in [1.165, 1.54) is 36.5 Å². The van der Waals surface area contributed by atoms with Gasteiger partial charge < -0.3 is 19.4 Å². The van der Waals surface area contributed by atoms with E-state index < -0.39 is 70.6 Å². The molecule has 2 atom stereocenters. The maximum atomic E-state index is 14.8. The van der Waals surface area contributed by atoms with Crippen molar-refractivity contribution in [2.75, 3.05) is 0 Å². The number of ether oxygens (including phenoxy) is 2. The van der Waals surface area contributed by atoms with Gasteiger partial charge in [0.05, 0.1) is 11.4 Å². The number of benzene rings is 4. The van der Waals surface area contributed by atoms with Crippen LogP contribution in [0.1, 0.15) is 29.2 Å². The molecule has 4 aromatic carbocycles. The van der Waals surface area contributed by atoms with Crippen molar-refractivity contribution in [3.05, 3.63) is 128 Å². The van der Waals surface area contributed by atoms with E-state index in [4.69, 9.17) is 32.7 Å². The summed E-state index contributed by atoms with van der Waals surface area (Å²) in [5, 5.41) is 0.590. The Morgan fingerprint density at radius 1 is 0.915 bits per heavy atom. The maximum Gasteiger partial charge on any atom is 0.359 e. The molecule has 5 aromatic rings. The van der Waals surface area contributed by atoms with Crippen molar-refractivity contribution in [3.8, 4) is 11.5 Å². The molecule has 1 N–H and O–H groups in total. The van der Waals surface area contributed by atoms with Gasteiger partial charge in [-0.05, 0) is 48.9 Å². The standard InChI is InChI=1S/C33H20Cl2F6N2O4/c1-15-2-6-18(7-3-15)47-33(32(45)46-30-28(40)26(38)25(37)27(39)29(30)41)12-24(44)43(14-16-4-9-21(35)22(36)10-16)31(33)20-13-42-23-11-17(34)5-8-19(20)23/h2-11,13,31,42H,12,14H2,1H3/t31-,33-/m0/s1. The van der Waals surface area contributed by atoms with Crippen LogP contribution < -0.4 is 9.47 Å². The molecule has 0 unspecified atom stereocenters. The molecule has 14 heteroatoms. The topological polar surface area (TPSA) is 71.6 Å². The van der Waals surface area contributed by atoms with Gasteiger partial charge in [-0.1, -0.05) is 53.0 Å². The number of aromatic amines is 1. The molecule has 1 fully saturated rings. The van der Waals surface area contributed by atoms with Crippen LogP contribution in [0.25, 0.3) is 10.9 Å².